The average Bonchev–Trinajstić information content (AvgIpc) is 2.57. The van der Waals surface area contributed by atoms with Crippen molar-refractivity contribution in [2.24, 2.45) is 0 Å². The van der Waals surface area contributed by atoms with Crippen molar-refractivity contribution in [3.8, 4) is 0 Å². The Bertz CT molecular complexity index is 306. The average molecular weight is 359 g/mol. The number of esters is 1. The van der Waals surface area contributed by atoms with E-state index < -0.39 is 0 Å². The van der Waals surface area contributed by atoms with Crippen LogP contribution in [0.25, 0.3) is 0 Å². The van der Waals surface area contributed by atoms with Crippen LogP contribution in [-0.2, 0) is 14.3 Å². The number of carbonyl (C=O) groups excluding carboxylic acids is 1. The molecule has 25 heavy (non-hydrogen) atoms. The Morgan fingerprint density at radius 1 is 0.760 bits per heavy atom. The molecule has 0 saturated heterocycles. The van der Waals surface area contributed by atoms with Crippen molar-refractivity contribution in [3.63, 3.8) is 0 Å². The van der Waals surface area contributed by atoms with E-state index in [9.17, 15) is 4.79 Å². The maximum absolute atomic E-state index is 11.8. The van der Waals surface area contributed by atoms with Gasteiger partial charge in [-0.05, 0) is 12.8 Å². The molecule has 0 spiro atoms. The molecule has 4 heteroatoms. The zero-order valence-electron chi connectivity index (χ0n) is 17.5. The van der Waals surface area contributed by atoms with Crippen molar-refractivity contribution in [2.75, 3.05) is 40.6 Å². The molecular formula is C21H44NO3+. The molecule has 0 rings (SSSR count). The van der Waals surface area contributed by atoms with Crippen molar-refractivity contribution < 1.29 is 18.8 Å². The van der Waals surface area contributed by atoms with Crippen LogP contribution in [0.3, 0.4) is 0 Å². The number of hydrogen-bond donors (Lipinski definition) is 0. The molecule has 0 aliphatic carbocycles. The van der Waals surface area contributed by atoms with Gasteiger partial charge in [0.1, 0.15) is 13.2 Å². The first kappa shape index (κ1) is 24.4. The lowest BCUT2D eigenvalue weighted by atomic mass is 10.1. The lowest BCUT2D eigenvalue weighted by molar-refractivity contribution is -0.909. The molecular weight excluding hydrogens is 314 g/mol. The maximum Gasteiger partial charge on any atom is 0.305 e. The molecule has 0 fully saturated rings. The molecule has 0 N–H and O–H groups in total. The van der Waals surface area contributed by atoms with Gasteiger partial charge in [0.05, 0.1) is 20.7 Å². The summed E-state index contributed by atoms with van der Waals surface area (Å²) in [5.74, 6) is -0.0472. The summed E-state index contributed by atoms with van der Waals surface area (Å²) in [4.78, 5) is 11.8. The fourth-order valence-electron chi connectivity index (χ4n) is 2.71. The molecule has 0 bridgehead atoms. The third kappa shape index (κ3) is 18.0. The van der Waals surface area contributed by atoms with Gasteiger partial charge < -0.3 is 14.0 Å². The summed E-state index contributed by atoms with van der Waals surface area (Å²) in [5.41, 5.74) is 0. The Hall–Kier alpha value is -0.610. The van der Waals surface area contributed by atoms with Gasteiger partial charge in [0.25, 0.3) is 0 Å². The van der Waals surface area contributed by atoms with E-state index >= 15 is 0 Å². The maximum atomic E-state index is 11.8. The highest BCUT2D eigenvalue weighted by Crippen LogP contribution is 2.09. The third-order valence-electron chi connectivity index (χ3n) is 4.53. The van der Waals surface area contributed by atoms with Crippen LogP contribution in [0.5, 0.6) is 0 Å². The van der Waals surface area contributed by atoms with E-state index in [1.165, 1.54) is 51.4 Å². The molecule has 0 aromatic rings. The van der Waals surface area contributed by atoms with Crippen molar-refractivity contribution >= 4 is 5.97 Å². The molecule has 0 amide bonds. The first-order valence-corrected chi connectivity index (χ1v) is 10.6. The standard InChI is InChI=1S/C21H44NO3/c1-5-7-9-11-12-13-14-16-21(23)25-19-17-22(3,4)20-24-18-15-10-8-6-2/h5-20H2,1-4H3/q+1. The Labute approximate surface area is 156 Å². The molecule has 0 atom stereocenters. The Balaban J connectivity index is 3.51. The third-order valence-corrected chi connectivity index (χ3v) is 4.53. The van der Waals surface area contributed by atoms with Gasteiger partial charge in [-0.1, -0.05) is 71.6 Å². The van der Waals surface area contributed by atoms with Gasteiger partial charge in [-0.15, -0.1) is 0 Å². The van der Waals surface area contributed by atoms with Crippen LogP contribution in [0.2, 0.25) is 0 Å². The molecule has 0 unspecified atom stereocenters. The van der Waals surface area contributed by atoms with Gasteiger partial charge in [0.15, 0.2) is 6.73 Å². The molecule has 0 heterocycles. The van der Waals surface area contributed by atoms with Crippen LogP contribution in [0.15, 0.2) is 0 Å². The van der Waals surface area contributed by atoms with Crippen molar-refractivity contribution in [1.29, 1.82) is 0 Å². The van der Waals surface area contributed by atoms with Crippen LogP contribution in [0.4, 0.5) is 0 Å². The second kappa shape index (κ2) is 16.8. The molecule has 150 valence electrons. The SMILES string of the molecule is CCCCCCCCCC(=O)OCC[N+](C)(C)COCCCCCC. The molecule has 0 radical (unpaired) electrons. The Kier molecular flexibility index (Phi) is 16.4. The topological polar surface area (TPSA) is 35.5 Å². The lowest BCUT2D eigenvalue weighted by Crippen LogP contribution is -2.44. The summed E-state index contributed by atoms with van der Waals surface area (Å²) in [6, 6.07) is 0. The van der Waals surface area contributed by atoms with E-state index in [-0.39, 0.29) is 5.97 Å². The minimum atomic E-state index is -0.0472. The van der Waals surface area contributed by atoms with Crippen LogP contribution >= 0.6 is 0 Å². The highest BCUT2D eigenvalue weighted by molar-refractivity contribution is 5.69. The van der Waals surface area contributed by atoms with Crippen molar-refractivity contribution in [2.45, 2.75) is 90.9 Å². The highest BCUT2D eigenvalue weighted by atomic mass is 16.5. The number of ether oxygens (including phenoxy) is 2. The molecule has 0 aromatic carbocycles. The van der Waals surface area contributed by atoms with Crippen molar-refractivity contribution in [1.82, 2.24) is 0 Å². The van der Waals surface area contributed by atoms with E-state index in [1.54, 1.807) is 0 Å². The van der Waals surface area contributed by atoms with E-state index in [0.717, 1.165) is 36.9 Å². The van der Waals surface area contributed by atoms with Crippen LogP contribution in [0, 0.1) is 0 Å². The van der Waals surface area contributed by atoms with Gasteiger partial charge in [0.2, 0.25) is 0 Å². The van der Waals surface area contributed by atoms with Gasteiger partial charge in [0, 0.05) is 6.42 Å². The molecule has 0 aliphatic rings. The summed E-state index contributed by atoms with van der Waals surface area (Å²) in [7, 11) is 4.24. The van der Waals surface area contributed by atoms with Crippen molar-refractivity contribution in [3.05, 3.63) is 0 Å². The van der Waals surface area contributed by atoms with E-state index in [1.807, 2.05) is 0 Å². The van der Waals surface area contributed by atoms with Crippen LogP contribution in [-0.4, -0.2) is 51.0 Å². The van der Waals surface area contributed by atoms with E-state index in [0.29, 0.717) is 19.8 Å². The minimum absolute atomic E-state index is 0.0472. The summed E-state index contributed by atoms with van der Waals surface area (Å²) < 4.78 is 11.9. The molecule has 0 aliphatic heterocycles. The summed E-state index contributed by atoms with van der Waals surface area (Å²) in [6.45, 7) is 7.26. The van der Waals surface area contributed by atoms with Gasteiger partial charge in [-0.2, -0.15) is 0 Å². The van der Waals surface area contributed by atoms with Crippen LogP contribution < -0.4 is 0 Å². The zero-order chi connectivity index (χ0) is 18.8. The van der Waals surface area contributed by atoms with E-state index in [4.69, 9.17) is 9.47 Å². The number of likely N-dealkylation sites (N-methyl/N-ethyl adjacent to an activating group) is 1. The van der Waals surface area contributed by atoms with Gasteiger partial charge >= 0.3 is 5.97 Å². The van der Waals surface area contributed by atoms with E-state index in [2.05, 4.69) is 27.9 Å². The smallest absolute Gasteiger partial charge is 0.305 e. The van der Waals surface area contributed by atoms with Gasteiger partial charge in [-0.3, -0.25) is 4.79 Å². The number of rotatable bonds is 18. The number of unbranched alkanes of at least 4 members (excludes halogenated alkanes) is 9. The molecule has 0 aromatic heterocycles. The number of carbonyl (C=O) groups is 1. The fraction of sp³-hybridized carbons (Fsp3) is 0.952. The Morgan fingerprint density at radius 3 is 1.96 bits per heavy atom. The summed E-state index contributed by atoms with van der Waals surface area (Å²) in [5, 5.41) is 0. The minimum Gasteiger partial charge on any atom is -0.460 e. The number of hydrogen-bond acceptors (Lipinski definition) is 3. The summed E-state index contributed by atoms with van der Waals surface area (Å²) >= 11 is 0. The van der Waals surface area contributed by atoms with Crippen LogP contribution in [0.1, 0.15) is 90.9 Å². The predicted octanol–water partition coefficient (Wildman–Crippen LogP) is 5.30. The van der Waals surface area contributed by atoms with Gasteiger partial charge in [-0.25, -0.2) is 0 Å². The second-order valence-corrected chi connectivity index (χ2v) is 7.85. The second-order valence-electron chi connectivity index (χ2n) is 7.85. The summed E-state index contributed by atoms with van der Waals surface area (Å²) in [6.07, 6.45) is 14.1. The Morgan fingerprint density at radius 2 is 1.32 bits per heavy atom. The quantitative estimate of drug-likeness (QED) is 0.144. The first-order chi connectivity index (χ1) is 12.0. The molecule has 4 nitrogen and oxygen atoms in total. The lowest BCUT2D eigenvalue weighted by Gasteiger charge is -2.28. The fourth-order valence-corrected chi connectivity index (χ4v) is 2.71. The zero-order valence-corrected chi connectivity index (χ0v) is 17.5. The first-order valence-electron chi connectivity index (χ1n) is 10.6. The monoisotopic (exact) mass is 358 g/mol. The normalized spacial score (nSPS) is 11.7. The molecule has 0 saturated carbocycles. The largest absolute Gasteiger partial charge is 0.460 e. The highest BCUT2D eigenvalue weighted by Gasteiger charge is 2.16. The number of nitrogens with zero attached hydrogens (tertiary/aromatic N) is 1. The number of quaternary nitrogens is 1. The predicted molar refractivity (Wildman–Crippen MR) is 106 cm³/mol.